The van der Waals surface area contributed by atoms with Gasteiger partial charge < -0.3 is 10.4 Å². The van der Waals surface area contributed by atoms with Crippen molar-refractivity contribution in [2.75, 3.05) is 5.32 Å². The van der Waals surface area contributed by atoms with E-state index in [1.165, 1.54) is 0 Å². The lowest BCUT2D eigenvalue weighted by molar-refractivity contribution is -0.384. The van der Waals surface area contributed by atoms with Crippen LogP contribution in [-0.2, 0) is 12.4 Å². The number of non-ortho nitro benzene ring substituents is 1. The second-order valence-corrected chi connectivity index (χ2v) is 5.21. The highest BCUT2D eigenvalue weighted by atomic mass is 19.4. The van der Waals surface area contributed by atoms with Crippen LogP contribution in [0.5, 0.6) is 5.75 Å². The lowest BCUT2D eigenvalue weighted by Gasteiger charge is -2.14. The molecule has 0 saturated heterocycles. The molecule has 6 nitrogen and oxygen atoms in total. The Balaban J connectivity index is 2.47. The van der Waals surface area contributed by atoms with Crippen molar-refractivity contribution in [2.24, 2.45) is 0 Å². The molecule has 27 heavy (non-hydrogen) atoms. The molecular weight excluding hydrogens is 386 g/mol. The molecule has 2 N–H and O–H groups in total. The number of alkyl halides is 6. The van der Waals surface area contributed by atoms with Gasteiger partial charge in [-0.1, -0.05) is 0 Å². The van der Waals surface area contributed by atoms with Gasteiger partial charge in [0.15, 0.2) is 0 Å². The van der Waals surface area contributed by atoms with Crippen LogP contribution in [0.25, 0.3) is 0 Å². The molecule has 0 fully saturated rings. The molecule has 0 aliphatic carbocycles. The van der Waals surface area contributed by atoms with Crippen LogP contribution in [0.3, 0.4) is 0 Å². The SMILES string of the molecule is O=C(Nc1cc([N+](=O)[O-])ccc1O)c1cc(C(F)(F)F)cc(C(F)(F)F)c1. The van der Waals surface area contributed by atoms with Gasteiger partial charge in [0.25, 0.3) is 11.6 Å². The van der Waals surface area contributed by atoms with Gasteiger partial charge in [-0.05, 0) is 24.3 Å². The Morgan fingerprint density at radius 3 is 1.93 bits per heavy atom. The number of aromatic hydroxyl groups is 1. The lowest BCUT2D eigenvalue weighted by Crippen LogP contribution is -2.17. The maximum atomic E-state index is 12.8. The second kappa shape index (κ2) is 6.78. The molecule has 0 unspecified atom stereocenters. The summed E-state index contributed by atoms with van der Waals surface area (Å²) < 4.78 is 76.9. The van der Waals surface area contributed by atoms with Crippen molar-refractivity contribution < 1.29 is 41.2 Å². The number of nitro benzene ring substituents is 1. The smallest absolute Gasteiger partial charge is 0.416 e. The van der Waals surface area contributed by atoms with Gasteiger partial charge in [-0.2, -0.15) is 26.3 Å². The quantitative estimate of drug-likeness (QED) is 0.345. The molecule has 0 radical (unpaired) electrons. The van der Waals surface area contributed by atoms with Crippen molar-refractivity contribution in [1.82, 2.24) is 0 Å². The first-order valence-electron chi connectivity index (χ1n) is 6.87. The molecule has 0 aromatic heterocycles. The summed E-state index contributed by atoms with van der Waals surface area (Å²) in [5, 5.41) is 22.1. The number of nitrogens with zero attached hydrogens (tertiary/aromatic N) is 1. The first kappa shape index (κ1) is 20.0. The molecule has 0 heterocycles. The zero-order valence-electron chi connectivity index (χ0n) is 12.9. The van der Waals surface area contributed by atoms with Crippen molar-refractivity contribution in [3.8, 4) is 5.75 Å². The largest absolute Gasteiger partial charge is 0.506 e. The number of carbonyl (C=O) groups excluding carboxylic acids is 1. The number of amides is 1. The monoisotopic (exact) mass is 394 g/mol. The normalized spacial score (nSPS) is 11.9. The van der Waals surface area contributed by atoms with E-state index >= 15 is 0 Å². The Hall–Kier alpha value is -3.31. The zero-order chi connectivity index (χ0) is 20.6. The molecule has 0 aliphatic rings. The van der Waals surface area contributed by atoms with E-state index in [-0.39, 0.29) is 18.2 Å². The maximum absolute atomic E-state index is 12.8. The number of hydrogen-bond donors (Lipinski definition) is 2. The van der Waals surface area contributed by atoms with Gasteiger partial charge in [-0.15, -0.1) is 0 Å². The van der Waals surface area contributed by atoms with Gasteiger partial charge in [0.1, 0.15) is 5.75 Å². The highest BCUT2D eigenvalue weighted by Gasteiger charge is 2.37. The number of phenols is 1. The van der Waals surface area contributed by atoms with Crippen molar-refractivity contribution >= 4 is 17.3 Å². The van der Waals surface area contributed by atoms with Crippen LogP contribution in [0.4, 0.5) is 37.7 Å². The van der Waals surface area contributed by atoms with Crippen LogP contribution >= 0.6 is 0 Å². The summed E-state index contributed by atoms with van der Waals surface area (Å²) in [6.45, 7) is 0. The zero-order valence-corrected chi connectivity index (χ0v) is 12.9. The fourth-order valence-electron chi connectivity index (χ4n) is 2.02. The number of benzene rings is 2. The van der Waals surface area contributed by atoms with Crippen LogP contribution in [0, 0.1) is 10.1 Å². The Bertz CT molecular complexity index is 876. The molecule has 1 amide bonds. The minimum atomic E-state index is -5.15. The van der Waals surface area contributed by atoms with E-state index < -0.39 is 57.0 Å². The van der Waals surface area contributed by atoms with Crippen LogP contribution < -0.4 is 5.32 Å². The number of carbonyl (C=O) groups is 1. The van der Waals surface area contributed by atoms with Crippen molar-refractivity contribution in [3.05, 3.63) is 63.2 Å². The third-order valence-corrected chi connectivity index (χ3v) is 3.29. The fraction of sp³-hybridized carbons (Fsp3) is 0.133. The molecular formula is C15H8F6N2O4. The summed E-state index contributed by atoms with van der Waals surface area (Å²) in [5.41, 5.74) is -5.53. The van der Waals surface area contributed by atoms with Crippen LogP contribution in [0.1, 0.15) is 21.5 Å². The topological polar surface area (TPSA) is 92.5 Å². The third-order valence-electron chi connectivity index (χ3n) is 3.29. The van der Waals surface area contributed by atoms with Gasteiger partial charge in [0.05, 0.1) is 21.7 Å². The number of phenolic OH excluding ortho intramolecular Hbond substituents is 1. The average Bonchev–Trinajstić information content (AvgIpc) is 2.54. The van der Waals surface area contributed by atoms with E-state index in [4.69, 9.17) is 0 Å². The Labute approximate surface area is 146 Å². The van der Waals surface area contributed by atoms with E-state index in [9.17, 15) is 46.4 Å². The Kier molecular flexibility index (Phi) is 5.02. The van der Waals surface area contributed by atoms with Crippen molar-refractivity contribution in [2.45, 2.75) is 12.4 Å². The first-order chi connectivity index (χ1) is 12.3. The summed E-state index contributed by atoms with van der Waals surface area (Å²) in [5.74, 6) is -2.10. The van der Waals surface area contributed by atoms with Gasteiger partial charge >= 0.3 is 12.4 Å². The molecule has 0 spiro atoms. The Morgan fingerprint density at radius 1 is 0.963 bits per heavy atom. The van der Waals surface area contributed by atoms with Crippen molar-refractivity contribution in [3.63, 3.8) is 0 Å². The summed E-state index contributed by atoms with van der Waals surface area (Å²) in [4.78, 5) is 21.9. The maximum Gasteiger partial charge on any atom is 0.416 e. The molecule has 0 atom stereocenters. The van der Waals surface area contributed by atoms with E-state index in [2.05, 4.69) is 0 Å². The Morgan fingerprint density at radius 2 is 1.48 bits per heavy atom. The van der Waals surface area contributed by atoms with Gasteiger partial charge in [0.2, 0.25) is 0 Å². The van der Waals surface area contributed by atoms with Crippen LogP contribution in [0.15, 0.2) is 36.4 Å². The number of anilines is 1. The van der Waals surface area contributed by atoms with Crippen LogP contribution in [-0.4, -0.2) is 15.9 Å². The number of nitrogens with one attached hydrogen (secondary N) is 1. The van der Waals surface area contributed by atoms with Crippen LogP contribution in [0.2, 0.25) is 0 Å². The molecule has 2 rings (SSSR count). The summed E-state index contributed by atoms with van der Waals surface area (Å²) in [7, 11) is 0. The standard InChI is InChI=1S/C15H8F6N2O4/c16-14(17,18)8-3-7(4-9(5-8)15(19,20)21)13(25)22-11-6-10(23(26)27)1-2-12(11)24/h1-6,24H,(H,22,25). The highest BCUT2D eigenvalue weighted by Crippen LogP contribution is 2.36. The van der Waals surface area contributed by atoms with Gasteiger partial charge in [-0.25, -0.2) is 0 Å². The van der Waals surface area contributed by atoms with E-state index in [0.717, 1.165) is 12.1 Å². The average molecular weight is 394 g/mol. The predicted molar refractivity (Wildman–Crippen MR) is 79.2 cm³/mol. The molecule has 0 saturated carbocycles. The van der Waals surface area contributed by atoms with E-state index in [0.29, 0.717) is 6.07 Å². The third kappa shape index (κ3) is 4.65. The fourth-order valence-corrected chi connectivity index (χ4v) is 2.02. The molecule has 2 aromatic rings. The number of hydrogen-bond acceptors (Lipinski definition) is 4. The minimum Gasteiger partial charge on any atom is -0.506 e. The summed E-state index contributed by atoms with van der Waals surface area (Å²) in [6.07, 6.45) is -10.3. The first-order valence-corrected chi connectivity index (χ1v) is 6.87. The molecule has 2 aromatic carbocycles. The minimum absolute atomic E-state index is 0.151. The summed E-state index contributed by atoms with van der Waals surface area (Å²) >= 11 is 0. The van der Waals surface area contributed by atoms with Gasteiger partial charge in [0, 0.05) is 17.7 Å². The second-order valence-electron chi connectivity index (χ2n) is 5.21. The number of rotatable bonds is 3. The molecule has 0 bridgehead atoms. The lowest BCUT2D eigenvalue weighted by atomic mass is 10.0. The number of nitro groups is 1. The predicted octanol–water partition coefficient (Wildman–Crippen LogP) is 4.59. The molecule has 144 valence electrons. The highest BCUT2D eigenvalue weighted by molar-refractivity contribution is 6.05. The van der Waals surface area contributed by atoms with Crippen molar-refractivity contribution in [1.29, 1.82) is 0 Å². The number of halogens is 6. The van der Waals surface area contributed by atoms with E-state index in [1.54, 1.807) is 0 Å². The van der Waals surface area contributed by atoms with E-state index in [1.807, 2.05) is 5.32 Å². The molecule has 0 aliphatic heterocycles. The molecule has 12 heteroatoms. The summed E-state index contributed by atoms with van der Waals surface area (Å²) in [6, 6.07) is 2.66. The van der Waals surface area contributed by atoms with Gasteiger partial charge in [-0.3, -0.25) is 14.9 Å².